The van der Waals surface area contributed by atoms with Crippen LogP contribution in [0.5, 0.6) is 11.5 Å². The van der Waals surface area contributed by atoms with E-state index in [4.69, 9.17) is 4.74 Å². The Morgan fingerprint density at radius 3 is 2.90 bits per heavy atom. The molecule has 2 heterocycles. The molecule has 2 nitrogen and oxygen atoms in total. The summed E-state index contributed by atoms with van der Waals surface area (Å²) >= 11 is 3.59. The molecule has 1 fully saturated rings. The van der Waals surface area contributed by atoms with Crippen LogP contribution in [0.25, 0.3) is 0 Å². The number of hydrogen-bond acceptors (Lipinski definition) is 2. The van der Waals surface area contributed by atoms with Gasteiger partial charge in [0.05, 0.1) is 11.7 Å². The van der Waals surface area contributed by atoms with Gasteiger partial charge in [-0.2, -0.15) is 0 Å². The van der Waals surface area contributed by atoms with E-state index in [9.17, 15) is 0 Å². The van der Waals surface area contributed by atoms with Crippen molar-refractivity contribution in [3.8, 4) is 11.5 Å². The van der Waals surface area contributed by atoms with Crippen molar-refractivity contribution in [2.24, 2.45) is 0 Å². The second-order valence-corrected chi connectivity index (χ2v) is 6.37. The molecule has 2 aliphatic rings. The molecule has 0 radical (unpaired) electrons. The summed E-state index contributed by atoms with van der Waals surface area (Å²) in [5.41, 5.74) is 2.53. The number of para-hydroxylation sites is 1. The van der Waals surface area contributed by atoms with Crippen LogP contribution in [0.3, 0.4) is 0 Å². The molecule has 3 heteroatoms. The minimum Gasteiger partial charge on any atom is -0.455 e. The monoisotopic (exact) mass is 329 g/mol. The van der Waals surface area contributed by atoms with Crippen molar-refractivity contribution < 1.29 is 4.74 Å². The lowest BCUT2D eigenvalue weighted by Gasteiger charge is -2.36. The van der Waals surface area contributed by atoms with E-state index < -0.39 is 0 Å². The Balaban J connectivity index is 1.92. The molecule has 2 aromatic rings. The topological polar surface area (TPSA) is 12.5 Å². The van der Waals surface area contributed by atoms with E-state index in [1.165, 1.54) is 30.5 Å². The Morgan fingerprint density at radius 1 is 1.05 bits per heavy atom. The molecule has 0 bridgehead atoms. The first-order chi connectivity index (χ1) is 9.83. The number of benzene rings is 2. The van der Waals surface area contributed by atoms with Gasteiger partial charge in [0.25, 0.3) is 0 Å². The van der Waals surface area contributed by atoms with E-state index in [0.29, 0.717) is 6.04 Å². The zero-order chi connectivity index (χ0) is 13.5. The fourth-order valence-corrected chi connectivity index (χ4v) is 3.66. The van der Waals surface area contributed by atoms with Gasteiger partial charge in [-0.3, -0.25) is 0 Å². The van der Waals surface area contributed by atoms with Crippen LogP contribution in [-0.4, -0.2) is 6.54 Å². The molecule has 0 spiro atoms. The highest BCUT2D eigenvalue weighted by molar-refractivity contribution is 9.10. The summed E-state index contributed by atoms with van der Waals surface area (Å²) in [6.45, 7) is 1.10. The van der Waals surface area contributed by atoms with Crippen LogP contribution < -0.4 is 9.64 Å². The van der Waals surface area contributed by atoms with E-state index in [0.717, 1.165) is 22.5 Å². The van der Waals surface area contributed by atoms with Gasteiger partial charge in [-0.25, -0.2) is 0 Å². The Labute approximate surface area is 127 Å². The molecule has 1 saturated heterocycles. The van der Waals surface area contributed by atoms with Crippen molar-refractivity contribution in [3.05, 3.63) is 52.5 Å². The number of nitrogens with zero attached hydrogens (tertiary/aromatic N) is 1. The molecule has 0 aromatic heterocycles. The molecule has 0 N–H and O–H groups in total. The van der Waals surface area contributed by atoms with Crippen molar-refractivity contribution in [2.45, 2.75) is 25.3 Å². The van der Waals surface area contributed by atoms with Crippen LogP contribution in [0.15, 0.2) is 46.9 Å². The van der Waals surface area contributed by atoms with Crippen LogP contribution in [0.2, 0.25) is 0 Å². The zero-order valence-corrected chi connectivity index (χ0v) is 12.8. The minimum absolute atomic E-state index is 0.440. The first kappa shape index (κ1) is 12.3. The zero-order valence-electron chi connectivity index (χ0n) is 11.2. The van der Waals surface area contributed by atoms with Gasteiger partial charge in [0.1, 0.15) is 5.75 Å². The molecule has 4 rings (SSSR count). The Kier molecular flexibility index (Phi) is 2.95. The number of rotatable bonds is 0. The fraction of sp³-hybridized carbons (Fsp3) is 0.294. The molecule has 1 unspecified atom stereocenters. The van der Waals surface area contributed by atoms with Gasteiger partial charge in [0.2, 0.25) is 0 Å². The lowest BCUT2D eigenvalue weighted by atomic mass is 9.94. The number of anilines is 1. The summed E-state index contributed by atoms with van der Waals surface area (Å²) in [5, 5.41) is 0. The SMILES string of the molecule is Brc1ccc2c(c1)N1CCCCC1c1ccccc1O2. The molecule has 0 amide bonds. The highest BCUT2D eigenvalue weighted by atomic mass is 79.9. The number of hydrogen-bond donors (Lipinski definition) is 0. The van der Waals surface area contributed by atoms with E-state index >= 15 is 0 Å². The van der Waals surface area contributed by atoms with Crippen molar-refractivity contribution in [1.82, 2.24) is 0 Å². The Bertz CT molecular complexity index is 655. The Morgan fingerprint density at radius 2 is 1.95 bits per heavy atom. The van der Waals surface area contributed by atoms with Crippen LogP contribution in [0.4, 0.5) is 5.69 Å². The van der Waals surface area contributed by atoms with Crippen molar-refractivity contribution in [3.63, 3.8) is 0 Å². The molecular weight excluding hydrogens is 314 g/mol. The van der Waals surface area contributed by atoms with E-state index in [-0.39, 0.29) is 0 Å². The quantitative estimate of drug-likeness (QED) is 0.651. The first-order valence-electron chi connectivity index (χ1n) is 7.16. The molecular formula is C17H16BrNO. The smallest absolute Gasteiger partial charge is 0.150 e. The summed E-state index contributed by atoms with van der Waals surface area (Å²) in [4.78, 5) is 2.51. The second-order valence-electron chi connectivity index (χ2n) is 5.46. The second kappa shape index (κ2) is 4.81. The van der Waals surface area contributed by atoms with Gasteiger partial charge in [0.15, 0.2) is 5.75 Å². The van der Waals surface area contributed by atoms with Crippen LogP contribution in [-0.2, 0) is 0 Å². The van der Waals surface area contributed by atoms with Gasteiger partial charge in [-0.15, -0.1) is 0 Å². The third kappa shape index (κ3) is 1.92. The average Bonchev–Trinajstić information content (AvgIpc) is 2.62. The maximum absolute atomic E-state index is 6.19. The standard InChI is InChI=1S/C17H16BrNO/c18-12-8-9-17-15(11-12)19-10-4-3-6-14(19)13-5-1-2-7-16(13)20-17/h1-2,5,7-9,11,14H,3-4,6,10H2. The molecule has 1 atom stereocenters. The summed E-state index contributed by atoms with van der Waals surface area (Å²) in [7, 11) is 0. The van der Waals surface area contributed by atoms with Crippen molar-refractivity contribution in [1.29, 1.82) is 0 Å². The number of halogens is 1. The molecule has 0 aliphatic carbocycles. The molecule has 0 saturated carbocycles. The molecule has 2 aromatic carbocycles. The highest BCUT2D eigenvalue weighted by Gasteiger charge is 2.31. The lowest BCUT2D eigenvalue weighted by Crippen LogP contribution is -2.32. The first-order valence-corrected chi connectivity index (χ1v) is 7.95. The number of piperidine rings is 1. The van der Waals surface area contributed by atoms with E-state index in [1.54, 1.807) is 0 Å². The maximum atomic E-state index is 6.19. The Hall–Kier alpha value is -1.48. The van der Waals surface area contributed by atoms with Gasteiger partial charge < -0.3 is 9.64 Å². The third-order valence-electron chi connectivity index (χ3n) is 4.23. The van der Waals surface area contributed by atoms with E-state index in [2.05, 4.69) is 57.2 Å². The van der Waals surface area contributed by atoms with E-state index in [1.807, 2.05) is 6.07 Å². The maximum Gasteiger partial charge on any atom is 0.150 e. The van der Waals surface area contributed by atoms with Gasteiger partial charge >= 0.3 is 0 Å². The van der Waals surface area contributed by atoms with Gasteiger partial charge in [-0.1, -0.05) is 34.1 Å². The third-order valence-corrected chi connectivity index (χ3v) is 4.72. The highest BCUT2D eigenvalue weighted by Crippen LogP contribution is 2.47. The predicted molar refractivity (Wildman–Crippen MR) is 84.6 cm³/mol. The summed E-state index contributed by atoms with van der Waals surface area (Å²) in [6, 6.07) is 15.2. The minimum atomic E-state index is 0.440. The van der Waals surface area contributed by atoms with Crippen LogP contribution in [0, 0.1) is 0 Å². The lowest BCUT2D eigenvalue weighted by molar-refractivity contribution is 0.465. The van der Waals surface area contributed by atoms with Gasteiger partial charge in [0, 0.05) is 16.6 Å². The van der Waals surface area contributed by atoms with Gasteiger partial charge in [-0.05, 0) is 43.5 Å². The largest absolute Gasteiger partial charge is 0.455 e. The van der Waals surface area contributed by atoms with Crippen LogP contribution in [0.1, 0.15) is 30.9 Å². The van der Waals surface area contributed by atoms with Crippen molar-refractivity contribution in [2.75, 3.05) is 11.4 Å². The summed E-state index contributed by atoms with van der Waals surface area (Å²) < 4.78 is 7.29. The van der Waals surface area contributed by atoms with Crippen LogP contribution >= 0.6 is 15.9 Å². The molecule has 20 heavy (non-hydrogen) atoms. The predicted octanol–water partition coefficient (Wildman–Crippen LogP) is 5.29. The number of fused-ring (bicyclic) bond motifs is 5. The summed E-state index contributed by atoms with van der Waals surface area (Å²) in [6.07, 6.45) is 3.75. The normalized spacial score (nSPS) is 20.2. The molecule has 102 valence electrons. The fourth-order valence-electron chi connectivity index (χ4n) is 3.31. The number of ether oxygens (including phenoxy) is 1. The molecule has 2 aliphatic heterocycles. The average molecular weight is 330 g/mol. The summed E-state index contributed by atoms with van der Waals surface area (Å²) in [5.74, 6) is 1.97. The van der Waals surface area contributed by atoms with Crippen molar-refractivity contribution >= 4 is 21.6 Å².